The van der Waals surface area contributed by atoms with Gasteiger partial charge in [0.2, 0.25) is 0 Å². The predicted molar refractivity (Wildman–Crippen MR) is 41.8 cm³/mol. The Morgan fingerprint density at radius 2 is 2.40 bits per heavy atom. The predicted octanol–water partition coefficient (Wildman–Crippen LogP) is 2.12. The molecule has 0 aliphatic heterocycles. The summed E-state index contributed by atoms with van der Waals surface area (Å²) in [5, 5.41) is -0.486. The fraction of sp³-hybridized carbons (Fsp3) is 0. The van der Waals surface area contributed by atoms with Crippen molar-refractivity contribution in [2.75, 3.05) is 0 Å². The van der Waals surface area contributed by atoms with E-state index in [-0.39, 0.29) is 0 Å². The molecule has 0 unspecified atom stereocenters. The molecular weight excluding hydrogens is 170 g/mol. The highest BCUT2D eigenvalue weighted by Gasteiger charge is 1.97. The molecule has 0 aliphatic rings. The van der Waals surface area contributed by atoms with Crippen LogP contribution in [0.1, 0.15) is 10.4 Å². The summed E-state index contributed by atoms with van der Waals surface area (Å²) in [4.78, 5) is 13.2. The normalized spacial score (nSPS) is 9.30. The number of carbonyl (C=O) groups is 1. The lowest BCUT2D eigenvalue weighted by molar-refractivity contribution is 0.108. The maximum Gasteiger partial charge on any atom is 0.252 e. The van der Waals surface area contributed by atoms with E-state index in [4.69, 9.17) is 23.8 Å². The molecule has 0 aliphatic carbocycles. The number of aromatic amines is 1. The van der Waals surface area contributed by atoms with Gasteiger partial charge in [-0.25, -0.2) is 0 Å². The minimum Gasteiger partial charge on any atom is -0.353 e. The fourth-order valence-corrected chi connectivity index (χ4v) is 0.879. The van der Waals surface area contributed by atoms with Crippen molar-refractivity contribution >= 4 is 29.1 Å². The zero-order valence-electron chi connectivity index (χ0n) is 4.93. The molecule has 1 heterocycles. The fourth-order valence-electron chi connectivity index (χ4n) is 0.567. The third-order valence-corrected chi connectivity index (χ3v) is 1.46. The highest BCUT2D eigenvalue weighted by molar-refractivity contribution is 7.71. The van der Waals surface area contributed by atoms with Crippen LogP contribution in [0.15, 0.2) is 18.3 Å². The molecule has 0 amide bonds. The van der Waals surface area contributed by atoms with Gasteiger partial charge in [0.15, 0.2) is 0 Å². The van der Waals surface area contributed by atoms with Crippen molar-refractivity contribution in [1.82, 2.24) is 4.98 Å². The average Bonchev–Trinajstić information content (AvgIpc) is 1.88. The van der Waals surface area contributed by atoms with Gasteiger partial charge in [0.25, 0.3) is 5.24 Å². The third kappa shape index (κ3) is 1.65. The maximum absolute atomic E-state index is 10.5. The van der Waals surface area contributed by atoms with Crippen molar-refractivity contribution in [2.24, 2.45) is 0 Å². The van der Waals surface area contributed by atoms with E-state index >= 15 is 0 Å². The van der Waals surface area contributed by atoms with Crippen molar-refractivity contribution in [3.63, 3.8) is 0 Å². The summed E-state index contributed by atoms with van der Waals surface area (Å²) in [5.41, 5.74) is 0.422. The number of carbonyl (C=O) groups excluding carboxylic acids is 1. The van der Waals surface area contributed by atoms with Gasteiger partial charge in [-0.3, -0.25) is 4.79 Å². The zero-order valence-corrected chi connectivity index (χ0v) is 6.50. The number of pyridine rings is 1. The maximum atomic E-state index is 10.5. The van der Waals surface area contributed by atoms with Crippen LogP contribution < -0.4 is 0 Å². The molecule has 1 rings (SSSR count). The Labute approximate surface area is 67.8 Å². The number of aromatic nitrogens is 1. The number of hydrogen-bond acceptors (Lipinski definition) is 2. The molecule has 0 radical (unpaired) electrons. The van der Waals surface area contributed by atoms with Crippen LogP contribution in [-0.2, 0) is 0 Å². The molecule has 0 fully saturated rings. The SMILES string of the molecule is O=C(Cl)c1cc[nH]c(=S)c1. The van der Waals surface area contributed by atoms with Gasteiger partial charge < -0.3 is 4.98 Å². The van der Waals surface area contributed by atoms with Crippen LogP contribution in [0.5, 0.6) is 0 Å². The second-order valence-electron chi connectivity index (χ2n) is 1.72. The van der Waals surface area contributed by atoms with Gasteiger partial charge in [-0.15, -0.1) is 0 Å². The standard InChI is InChI=1S/C6H4ClNOS/c7-6(9)4-1-2-8-5(10)3-4/h1-3H,(H,8,10). The van der Waals surface area contributed by atoms with E-state index in [1.54, 1.807) is 12.3 Å². The van der Waals surface area contributed by atoms with Crippen molar-refractivity contribution in [2.45, 2.75) is 0 Å². The van der Waals surface area contributed by atoms with E-state index in [1.165, 1.54) is 6.07 Å². The van der Waals surface area contributed by atoms with E-state index < -0.39 is 5.24 Å². The van der Waals surface area contributed by atoms with E-state index in [9.17, 15) is 4.79 Å². The minimum absolute atomic E-state index is 0.422. The Hall–Kier alpha value is -0.670. The van der Waals surface area contributed by atoms with Gasteiger partial charge in [0.05, 0.1) is 0 Å². The molecule has 1 aromatic rings. The largest absolute Gasteiger partial charge is 0.353 e. The van der Waals surface area contributed by atoms with Gasteiger partial charge in [-0.05, 0) is 23.7 Å². The smallest absolute Gasteiger partial charge is 0.252 e. The Morgan fingerprint density at radius 3 is 2.80 bits per heavy atom. The molecule has 1 aromatic heterocycles. The van der Waals surface area contributed by atoms with E-state index in [0.717, 1.165) is 0 Å². The first-order valence-corrected chi connectivity index (χ1v) is 3.37. The second-order valence-corrected chi connectivity index (χ2v) is 2.50. The molecule has 0 spiro atoms. The molecule has 2 nitrogen and oxygen atoms in total. The molecule has 0 atom stereocenters. The quantitative estimate of drug-likeness (QED) is 0.521. The lowest BCUT2D eigenvalue weighted by atomic mass is 10.3. The summed E-state index contributed by atoms with van der Waals surface area (Å²) >= 11 is 9.93. The van der Waals surface area contributed by atoms with Gasteiger partial charge in [0.1, 0.15) is 4.64 Å². The Morgan fingerprint density at radius 1 is 1.70 bits per heavy atom. The Bertz CT molecular complexity index is 307. The summed E-state index contributed by atoms with van der Waals surface area (Å²) in [7, 11) is 0. The van der Waals surface area contributed by atoms with Crippen LogP contribution in [0.2, 0.25) is 0 Å². The first-order valence-electron chi connectivity index (χ1n) is 2.59. The lowest BCUT2D eigenvalue weighted by Gasteiger charge is -1.89. The molecule has 0 bridgehead atoms. The molecule has 0 aromatic carbocycles. The first kappa shape index (κ1) is 7.44. The van der Waals surface area contributed by atoms with Crippen LogP contribution in [0.25, 0.3) is 0 Å². The van der Waals surface area contributed by atoms with E-state index in [2.05, 4.69) is 4.98 Å². The van der Waals surface area contributed by atoms with Crippen LogP contribution in [0.3, 0.4) is 0 Å². The summed E-state index contributed by atoms with van der Waals surface area (Å²) in [5.74, 6) is 0. The highest BCUT2D eigenvalue weighted by Crippen LogP contribution is 2.01. The molecule has 1 N–H and O–H groups in total. The third-order valence-electron chi connectivity index (χ3n) is 1.00. The number of H-pyrrole nitrogens is 1. The molecule has 0 saturated heterocycles. The molecule has 4 heteroatoms. The molecule has 0 saturated carbocycles. The van der Waals surface area contributed by atoms with Crippen molar-refractivity contribution in [3.8, 4) is 0 Å². The summed E-state index contributed by atoms with van der Waals surface area (Å²) in [6.45, 7) is 0. The van der Waals surface area contributed by atoms with Crippen LogP contribution in [-0.4, -0.2) is 10.2 Å². The number of nitrogens with one attached hydrogen (secondary N) is 1. The summed E-state index contributed by atoms with van der Waals surface area (Å²) in [6, 6.07) is 3.09. The van der Waals surface area contributed by atoms with Crippen LogP contribution in [0.4, 0.5) is 0 Å². The van der Waals surface area contributed by atoms with Crippen LogP contribution >= 0.6 is 23.8 Å². The molecular formula is C6H4ClNOS. The summed E-state index contributed by atoms with van der Waals surface area (Å²) < 4.78 is 0.506. The van der Waals surface area contributed by atoms with E-state index in [0.29, 0.717) is 10.2 Å². The van der Waals surface area contributed by atoms with Crippen LogP contribution in [0, 0.1) is 4.64 Å². The summed E-state index contributed by atoms with van der Waals surface area (Å²) in [6.07, 6.45) is 1.58. The molecule has 52 valence electrons. The highest BCUT2D eigenvalue weighted by atomic mass is 35.5. The first-order chi connectivity index (χ1) is 4.70. The van der Waals surface area contributed by atoms with Gasteiger partial charge >= 0.3 is 0 Å². The van der Waals surface area contributed by atoms with Crippen molar-refractivity contribution in [1.29, 1.82) is 0 Å². The lowest BCUT2D eigenvalue weighted by Crippen LogP contribution is -1.87. The topological polar surface area (TPSA) is 32.9 Å². The minimum atomic E-state index is -0.486. The van der Waals surface area contributed by atoms with Crippen molar-refractivity contribution < 1.29 is 4.79 Å². The number of rotatable bonds is 1. The van der Waals surface area contributed by atoms with Crippen molar-refractivity contribution in [3.05, 3.63) is 28.5 Å². The van der Waals surface area contributed by atoms with E-state index in [1.807, 2.05) is 0 Å². The molecule has 10 heavy (non-hydrogen) atoms. The Balaban J connectivity index is 3.20. The average molecular weight is 174 g/mol. The van der Waals surface area contributed by atoms with Gasteiger partial charge in [-0.2, -0.15) is 0 Å². The van der Waals surface area contributed by atoms with Gasteiger partial charge in [-0.1, -0.05) is 12.2 Å². The number of hydrogen-bond donors (Lipinski definition) is 1. The second kappa shape index (κ2) is 2.94. The number of halogens is 1. The Kier molecular flexibility index (Phi) is 2.19. The monoisotopic (exact) mass is 173 g/mol. The van der Waals surface area contributed by atoms with Gasteiger partial charge in [0, 0.05) is 11.8 Å². The zero-order chi connectivity index (χ0) is 7.56.